The molecule has 0 unspecified atom stereocenters. The number of amides is 1. The van der Waals surface area contributed by atoms with Crippen LogP contribution < -0.4 is 11.1 Å². The number of anilines is 1. The van der Waals surface area contributed by atoms with Gasteiger partial charge in [0.15, 0.2) is 0 Å². The van der Waals surface area contributed by atoms with Crippen LogP contribution in [-0.2, 0) is 11.2 Å². The highest BCUT2D eigenvalue weighted by Gasteiger charge is 2.15. The van der Waals surface area contributed by atoms with Gasteiger partial charge in [-0.05, 0) is 43.4 Å². The summed E-state index contributed by atoms with van der Waals surface area (Å²) in [6.45, 7) is 3.97. The average molecular weight is 282 g/mol. The van der Waals surface area contributed by atoms with Gasteiger partial charge in [0, 0.05) is 5.69 Å². The summed E-state index contributed by atoms with van der Waals surface area (Å²) in [6, 6.07) is 15.5. The van der Waals surface area contributed by atoms with Crippen molar-refractivity contribution in [1.82, 2.24) is 0 Å². The van der Waals surface area contributed by atoms with Crippen LogP contribution in [0.4, 0.5) is 5.69 Å². The van der Waals surface area contributed by atoms with Crippen molar-refractivity contribution in [3.63, 3.8) is 0 Å². The van der Waals surface area contributed by atoms with Crippen molar-refractivity contribution in [3.8, 4) is 0 Å². The van der Waals surface area contributed by atoms with Crippen LogP contribution in [0.5, 0.6) is 0 Å². The van der Waals surface area contributed by atoms with Crippen molar-refractivity contribution in [2.24, 2.45) is 5.73 Å². The summed E-state index contributed by atoms with van der Waals surface area (Å²) in [5, 5.41) is 2.95. The summed E-state index contributed by atoms with van der Waals surface area (Å²) < 4.78 is 0. The van der Waals surface area contributed by atoms with E-state index in [1.165, 1.54) is 5.56 Å². The van der Waals surface area contributed by atoms with Crippen LogP contribution in [0.1, 0.15) is 23.1 Å². The first kappa shape index (κ1) is 15.3. The van der Waals surface area contributed by atoms with E-state index in [9.17, 15) is 4.79 Å². The fourth-order valence-corrected chi connectivity index (χ4v) is 2.33. The van der Waals surface area contributed by atoms with Gasteiger partial charge < -0.3 is 11.1 Å². The zero-order valence-corrected chi connectivity index (χ0v) is 12.6. The average Bonchev–Trinajstić information content (AvgIpc) is 2.49. The number of hydrogen-bond acceptors (Lipinski definition) is 2. The number of carbonyl (C=O) groups excluding carboxylic acids is 1. The summed E-state index contributed by atoms with van der Waals surface area (Å²) in [5.74, 6) is -0.122. The predicted octanol–water partition coefficient (Wildman–Crippen LogP) is 3.20. The second-order valence-corrected chi connectivity index (χ2v) is 5.39. The van der Waals surface area contributed by atoms with E-state index in [-0.39, 0.29) is 5.91 Å². The monoisotopic (exact) mass is 282 g/mol. The van der Waals surface area contributed by atoms with Gasteiger partial charge in [0.05, 0.1) is 6.04 Å². The fraction of sp³-hybridized carbons (Fsp3) is 0.278. The van der Waals surface area contributed by atoms with E-state index in [1.54, 1.807) is 0 Å². The molecule has 2 aromatic rings. The summed E-state index contributed by atoms with van der Waals surface area (Å²) in [5.41, 5.74) is 10.2. The van der Waals surface area contributed by atoms with Crippen LogP contribution >= 0.6 is 0 Å². The van der Waals surface area contributed by atoms with E-state index in [0.717, 1.165) is 23.2 Å². The number of carbonyl (C=O) groups is 1. The minimum atomic E-state index is -0.496. The summed E-state index contributed by atoms with van der Waals surface area (Å²) in [4.78, 5) is 12.2. The highest BCUT2D eigenvalue weighted by molar-refractivity contribution is 5.95. The number of nitrogens with one attached hydrogen (secondary N) is 1. The molecule has 0 fully saturated rings. The zero-order valence-electron chi connectivity index (χ0n) is 12.6. The molecule has 0 spiro atoms. The van der Waals surface area contributed by atoms with Crippen LogP contribution in [0.2, 0.25) is 0 Å². The van der Waals surface area contributed by atoms with Crippen LogP contribution in [0.3, 0.4) is 0 Å². The number of para-hydroxylation sites is 1. The highest BCUT2D eigenvalue weighted by Crippen LogP contribution is 2.19. The predicted molar refractivity (Wildman–Crippen MR) is 87.3 cm³/mol. The number of hydrogen-bond donors (Lipinski definition) is 2. The molecule has 0 heterocycles. The molecule has 0 radical (unpaired) electrons. The molecule has 0 aliphatic carbocycles. The fourth-order valence-electron chi connectivity index (χ4n) is 2.33. The maximum atomic E-state index is 12.2. The largest absolute Gasteiger partial charge is 0.324 e. The lowest BCUT2D eigenvalue weighted by atomic mass is 10.0. The zero-order chi connectivity index (χ0) is 15.2. The molecule has 3 N–H and O–H groups in total. The Kier molecular flexibility index (Phi) is 5.12. The molecule has 3 nitrogen and oxygen atoms in total. The number of rotatable bonds is 5. The van der Waals surface area contributed by atoms with Crippen LogP contribution in [0.15, 0.2) is 48.5 Å². The molecule has 0 saturated heterocycles. The molecule has 0 aliphatic rings. The maximum Gasteiger partial charge on any atom is 0.241 e. The summed E-state index contributed by atoms with van der Waals surface area (Å²) >= 11 is 0. The molecule has 2 aromatic carbocycles. The number of nitrogens with two attached hydrogens (primary N) is 1. The number of benzene rings is 2. The van der Waals surface area contributed by atoms with Crippen molar-refractivity contribution >= 4 is 11.6 Å². The van der Waals surface area contributed by atoms with E-state index in [1.807, 2.05) is 50.2 Å². The van der Waals surface area contributed by atoms with Gasteiger partial charge in [0.25, 0.3) is 0 Å². The van der Waals surface area contributed by atoms with E-state index in [2.05, 4.69) is 17.4 Å². The third-order valence-corrected chi connectivity index (χ3v) is 3.65. The van der Waals surface area contributed by atoms with Gasteiger partial charge in [0.2, 0.25) is 5.91 Å². The topological polar surface area (TPSA) is 55.1 Å². The first-order chi connectivity index (χ1) is 10.1. The summed E-state index contributed by atoms with van der Waals surface area (Å²) in [7, 11) is 0. The molecule has 1 amide bonds. The third-order valence-electron chi connectivity index (χ3n) is 3.65. The Bertz CT molecular complexity index is 588. The molecule has 0 aliphatic heterocycles. The smallest absolute Gasteiger partial charge is 0.241 e. The van der Waals surface area contributed by atoms with Crippen LogP contribution in [0.25, 0.3) is 0 Å². The van der Waals surface area contributed by atoms with Gasteiger partial charge in [-0.1, -0.05) is 48.5 Å². The molecule has 0 aromatic heterocycles. The van der Waals surface area contributed by atoms with Gasteiger partial charge >= 0.3 is 0 Å². The Hall–Kier alpha value is -2.13. The lowest BCUT2D eigenvalue weighted by molar-refractivity contribution is -0.117. The van der Waals surface area contributed by atoms with E-state index in [4.69, 9.17) is 5.73 Å². The molecule has 0 bridgehead atoms. The summed E-state index contributed by atoms with van der Waals surface area (Å²) in [6.07, 6.45) is 1.45. The Morgan fingerprint density at radius 1 is 1.05 bits per heavy atom. The van der Waals surface area contributed by atoms with E-state index in [0.29, 0.717) is 6.42 Å². The lowest BCUT2D eigenvalue weighted by Gasteiger charge is -2.15. The van der Waals surface area contributed by atoms with Crippen LogP contribution in [0, 0.1) is 13.8 Å². The molecule has 0 saturated carbocycles. The quantitative estimate of drug-likeness (QED) is 0.884. The van der Waals surface area contributed by atoms with Gasteiger partial charge in [0.1, 0.15) is 0 Å². The van der Waals surface area contributed by atoms with E-state index < -0.39 is 6.04 Å². The molecular formula is C18H22N2O. The van der Waals surface area contributed by atoms with Crippen molar-refractivity contribution in [2.45, 2.75) is 32.7 Å². The molecule has 110 valence electrons. The van der Waals surface area contributed by atoms with Crippen molar-refractivity contribution in [3.05, 3.63) is 65.2 Å². The Labute approximate surface area is 126 Å². The molecule has 2 rings (SSSR count). The van der Waals surface area contributed by atoms with Gasteiger partial charge in [-0.2, -0.15) is 0 Å². The SMILES string of the molecule is Cc1cccc(C)c1NC(=O)[C@@H](N)CCc1ccccc1. The van der Waals surface area contributed by atoms with Crippen LogP contribution in [-0.4, -0.2) is 11.9 Å². The second-order valence-electron chi connectivity index (χ2n) is 5.39. The Balaban J connectivity index is 1.94. The molecular weight excluding hydrogens is 260 g/mol. The Morgan fingerprint density at radius 3 is 2.29 bits per heavy atom. The van der Waals surface area contributed by atoms with Crippen molar-refractivity contribution in [2.75, 3.05) is 5.32 Å². The van der Waals surface area contributed by atoms with Gasteiger partial charge in [-0.15, -0.1) is 0 Å². The molecule has 3 heteroatoms. The highest BCUT2D eigenvalue weighted by atomic mass is 16.2. The standard InChI is InChI=1S/C18H22N2O/c1-13-7-6-8-14(2)17(13)20-18(21)16(19)12-11-15-9-4-3-5-10-15/h3-10,16H,11-12,19H2,1-2H3,(H,20,21)/t16-/m0/s1. The third kappa shape index (κ3) is 4.17. The minimum Gasteiger partial charge on any atom is -0.324 e. The molecule has 21 heavy (non-hydrogen) atoms. The van der Waals surface area contributed by atoms with Gasteiger partial charge in [-0.25, -0.2) is 0 Å². The van der Waals surface area contributed by atoms with Gasteiger partial charge in [-0.3, -0.25) is 4.79 Å². The van der Waals surface area contributed by atoms with Crippen molar-refractivity contribution in [1.29, 1.82) is 0 Å². The normalized spacial score (nSPS) is 12.0. The first-order valence-electron chi connectivity index (χ1n) is 7.24. The lowest BCUT2D eigenvalue weighted by Crippen LogP contribution is -2.36. The first-order valence-corrected chi connectivity index (χ1v) is 7.24. The molecule has 1 atom stereocenters. The van der Waals surface area contributed by atoms with Crippen molar-refractivity contribution < 1.29 is 4.79 Å². The van der Waals surface area contributed by atoms with E-state index >= 15 is 0 Å². The minimum absolute atomic E-state index is 0.122. The second kappa shape index (κ2) is 7.04. The Morgan fingerprint density at radius 2 is 1.67 bits per heavy atom. The number of aryl methyl sites for hydroxylation is 3. The maximum absolute atomic E-state index is 12.2.